The fraction of sp³-hybridized carbons (Fsp3) is 0.900. The van der Waals surface area contributed by atoms with Crippen LogP contribution in [-0.2, 0) is 9.53 Å². The van der Waals surface area contributed by atoms with Crippen LogP contribution in [0.3, 0.4) is 0 Å². The lowest BCUT2D eigenvalue weighted by Crippen LogP contribution is -2.50. The smallest absolute Gasteiger partial charge is 0.253 e. The Morgan fingerprint density at radius 3 is 2.53 bits per heavy atom. The second-order valence-electron chi connectivity index (χ2n) is 4.37. The topological polar surface area (TPSA) is 55.6 Å². The predicted octanol–water partition coefficient (Wildman–Crippen LogP) is 0.783. The van der Waals surface area contributed by atoms with Crippen LogP contribution in [0.4, 0.5) is 0 Å². The number of ether oxygens (including phenoxy) is 1. The maximum atomic E-state index is 11.9. The van der Waals surface area contributed by atoms with E-state index in [1.165, 1.54) is 7.11 Å². The molecule has 0 bridgehead atoms. The molecule has 1 atom stereocenters. The first-order valence-corrected chi connectivity index (χ1v) is 5.07. The van der Waals surface area contributed by atoms with Crippen molar-refractivity contribution in [2.75, 3.05) is 20.2 Å². The monoisotopic (exact) mass is 236 g/mol. The molecule has 1 heterocycles. The molecule has 0 aromatic carbocycles. The number of carbonyl (C=O) groups excluding carboxylic acids is 1. The molecule has 0 radical (unpaired) electrons. The van der Waals surface area contributed by atoms with E-state index in [1.807, 2.05) is 4.90 Å². The van der Waals surface area contributed by atoms with Gasteiger partial charge in [0.1, 0.15) is 6.10 Å². The van der Waals surface area contributed by atoms with Crippen LogP contribution in [0.15, 0.2) is 0 Å². The highest BCUT2D eigenvalue weighted by atomic mass is 35.5. The third kappa shape index (κ3) is 3.06. The number of carbonyl (C=O) groups is 1. The van der Waals surface area contributed by atoms with Crippen LogP contribution in [0.1, 0.15) is 26.7 Å². The van der Waals surface area contributed by atoms with Gasteiger partial charge in [0.05, 0.1) is 0 Å². The lowest BCUT2D eigenvalue weighted by atomic mass is 10.0. The number of rotatable bonds is 3. The molecule has 1 fully saturated rings. The van der Waals surface area contributed by atoms with Crippen molar-refractivity contribution < 1.29 is 9.53 Å². The summed E-state index contributed by atoms with van der Waals surface area (Å²) in [5.74, 6) is 0.0255. The van der Waals surface area contributed by atoms with E-state index >= 15 is 0 Å². The summed E-state index contributed by atoms with van der Waals surface area (Å²) >= 11 is 0. The molecular weight excluding hydrogens is 216 g/mol. The number of amides is 1. The van der Waals surface area contributed by atoms with Gasteiger partial charge in [-0.05, 0) is 26.7 Å². The van der Waals surface area contributed by atoms with Gasteiger partial charge in [-0.3, -0.25) is 4.79 Å². The number of halogens is 1. The van der Waals surface area contributed by atoms with Gasteiger partial charge >= 0.3 is 0 Å². The molecule has 0 spiro atoms. The van der Waals surface area contributed by atoms with Crippen LogP contribution in [0.2, 0.25) is 0 Å². The Labute approximate surface area is 97.5 Å². The molecule has 5 heteroatoms. The van der Waals surface area contributed by atoms with Crippen LogP contribution in [0.5, 0.6) is 0 Å². The van der Waals surface area contributed by atoms with Crippen molar-refractivity contribution >= 4 is 18.3 Å². The van der Waals surface area contributed by atoms with Crippen LogP contribution in [-0.4, -0.2) is 42.6 Å². The molecule has 1 aliphatic rings. The number of likely N-dealkylation sites (tertiary alicyclic amines) is 1. The summed E-state index contributed by atoms with van der Waals surface area (Å²) in [5.41, 5.74) is 5.43. The van der Waals surface area contributed by atoms with E-state index in [2.05, 4.69) is 13.8 Å². The standard InChI is InChI=1S/C10H20N2O2.ClH/c1-10(2)5-4-6-12(10)9(13)8(7-11)14-3;/h8H,4-7,11H2,1-3H3;1H. The van der Waals surface area contributed by atoms with Gasteiger partial charge in [-0.1, -0.05) is 0 Å². The first-order valence-electron chi connectivity index (χ1n) is 5.07. The van der Waals surface area contributed by atoms with Crippen molar-refractivity contribution in [1.82, 2.24) is 4.90 Å². The number of hydrogen-bond acceptors (Lipinski definition) is 3. The van der Waals surface area contributed by atoms with E-state index in [-0.39, 0.29) is 30.4 Å². The minimum absolute atomic E-state index is 0. The van der Waals surface area contributed by atoms with Gasteiger partial charge in [-0.25, -0.2) is 0 Å². The minimum atomic E-state index is -0.479. The quantitative estimate of drug-likeness (QED) is 0.788. The van der Waals surface area contributed by atoms with E-state index in [9.17, 15) is 4.79 Å². The van der Waals surface area contributed by atoms with Gasteiger partial charge in [0.2, 0.25) is 0 Å². The van der Waals surface area contributed by atoms with E-state index in [4.69, 9.17) is 10.5 Å². The normalized spacial score (nSPS) is 20.9. The van der Waals surface area contributed by atoms with Gasteiger partial charge < -0.3 is 15.4 Å². The summed E-state index contributed by atoms with van der Waals surface area (Å²) in [6, 6.07) is 0. The Hall–Kier alpha value is -0.320. The minimum Gasteiger partial charge on any atom is -0.370 e. The first kappa shape index (κ1) is 14.7. The van der Waals surface area contributed by atoms with Crippen LogP contribution >= 0.6 is 12.4 Å². The molecule has 1 rings (SSSR count). The fourth-order valence-corrected chi connectivity index (χ4v) is 1.99. The second kappa shape index (κ2) is 5.68. The molecule has 1 saturated heterocycles. The van der Waals surface area contributed by atoms with Crippen molar-refractivity contribution in [3.8, 4) is 0 Å². The summed E-state index contributed by atoms with van der Waals surface area (Å²) < 4.78 is 5.05. The third-order valence-electron chi connectivity index (χ3n) is 2.94. The van der Waals surface area contributed by atoms with Gasteiger partial charge in [0.15, 0.2) is 0 Å². The van der Waals surface area contributed by atoms with E-state index in [0.29, 0.717) is 0 Å². The van der Waals surface area contributed by atoms with Gasteiger partial charge in [0.25, 0.3) is 5.91 Å². The fourth-order valence-electron chi connectivity index (χ4n) is 1.99. The first-order chi connectivity index (χ1) is 6.53. The summed E-state index contributed by atoms with van der Waals surface area (Å²) in [7, 11) is 1.53. The Morgan fingerprint density at radius 1 is 1.60 bits per heavy atom. The molecule has 1 unspecified atom stereocenters. The van der Waals surface area contributed by atoms with Crippen molar-refractivity contribution in [2.45, 2.75) is 38.3 Å². The zero-order valence-electron chi connectivity index (χ0n) is 9.66. The predicted molar refractivity (Wildman–Crippen MR) is 62.1 cm³/mol. The molecule has 15 heavy (non-hydrogen) atoms. The third-order valence-corrected chi connectivity index (χ3v) is 2.94. The van der Waals surface area contributed by atoms with Crippen molar-refractivity contribution in [1.29, 1.82) is 0 Å². The average Bonchev–Trinajstić information content (AvgIpc) is 2.47. The Bertz CT molecular complexity index is 217. The van der Waals surface area contributed by atoms with E-state index in [0.717, 1.165) is 19.4 Å². The number of hydrogen-bond donors (Lipinski definition) is 1. The molecule has 2 N–H and O–H groups in total. The molecule has 0 aromatic heterocycles. The van der Waals surface area contributed by atoms with Crippen molar-refractivity contribution in [2.24, 2.45) is 5.73 Å². The van der Waals surface area contributed by atoms with E-state index in [1.54, 1.807) is 0 Å². The van der Waals surface area contributed by atoms with Crippen LogP contribution < -0.4 is 5.73 Å². The summed E-state index contributed by atoms with van der Waals surface area (Å²) in [6.45, 7) is 5.25. The molecule has 1 aliphatic heterocycles. The maximum Gasteiger partial charge on any atom is 0.253 e. The Balaban J connectivity index is 0.00000196. The van der Waals surface area contributed by atoms with Gasteiger partial charge in [-0.2, -0.15) is 0 Å². The summed E-state index contributed by atoms with van der Waals surface area (Å²) in [5, 5.41) is 0. The largest absolute Gasteiger partial charge is 0.370 e. The van der Waals surface area contributed by atoms with E-state index < -0.39 is 6.10 Å². The SMILES string of the molecule is COC(CN)C(=O)N1CCCC1(C)C.Cl. The van der Waals surface area contributed by atoms with Crippen LogP contribution in [0.25, 0.3) is 0 Å². The highest BCUT2D eigenvalue weighted by Gasteiger charge is 2.37. The Kier molecular flexibility index (Phi) is 5.56. The molecule has 0 aliphatic carbocycles. The lowest BCUT2D eigenvalue weighted by molar-refractivity contribution is -0.144. The lowest BCUT2D eigenvalue weighted by Gasteiger charge is -2.33. The Morgan fingerprint density at radius 2 is 2.20 bits per heavy atom. The molecule has 90 valence electrons. The summed E-state index contributed by atoms with van der Waals surface area (Å²) in [6.07, 6.45) is 1.65. The van der Waals surface area contributed by atoms with Crippen molar-refractivity contribution in [3.05, 3.63) is 0 Å². The number of nitrogens with two attached hydrogens (primary N) is 1. The van der Waals surface area contributed by atoms with Crippen molar-refractivity contribution in [3.63, 3.8) is 0 Å². The number of methoxy groups -OCH3 is 1. The number of nitrogens with zero attached hydrogens (tertiary/aromatic N) is 1. The second-order valence-corrected chi connectivity index (χ2v) is 4.37. The zero-order chi connectivity index (χ0) is 10.8. The molecule has 0 saturated carbocycles. The highest BCUT2D eigenvalue weighted by Crippen LogP contribution is 2.28. The van der Waals surface area contributed by atoms with Gasteiger partial charge in [0, 0.05) is 25.7 Å². The molecule has 4 nitrogen and oxygen atoms in total. The molecule has 0 aromatic rings. The van der Waals surface area contributed by atoms with Gasteiger partial charge in [-0.15, -0.1) is 12.4 Å². The zero-order valence-corrected chi connectivity index (χ0v) is 10.5. The molecule has 1 amide bonds. The molecular formula is C10H21ClN2O2. The summed E-state index contributed by atoms with van der Waals surface area (Å²) in [4.78, 5) is 13.8. The highest BCUT2D eigenvalue weighted by molar-refractivity contribution is 5.85. The average molecular weight is 237 g/mol. The van der Waals surface area contributed by atoms with Crippen LogP contribution in [0, 0.1) is 0 Å². The maximum absolute atomic E-state index is 11.9.